The number of aromatic amines is 1. The van der Waals surface area contributed by atoms with E-state index in [2.05, 4.69) is 15.6 Å². The lowest BCUT2D eigenvalue weighted by Crippen LogP contribution is -2.43. The Bertz CT molecular complexity index is 589. The molecule has 2 amide bonds. The first-order valence-corrected chi connectivity index (χ1v) is 5.71. The Kier molecular flexibility index (Phi) is 3.32. The zero-order chi connectivity index (χ0) is 13.1. The molecule has 2 rings (SSSR count). The van der Waals surface area contributed by atoms with Gasteiger partial charge in [-0.3, -0.25) is 9.59 Å². The van der Waals surface area contributed by atoms with E-state index in [4.69, 9.17) is 0 Å². The van der Waals surface area contributed by atoms with Crippen LogP contribution in [0.25, 0.3) is 10.9 Å². The van der Waals surface area contributed by atoms with Gasteiger partial charge < -0.3 is 15.6 Å². The molecule has 0 spiro atoms. The van der Waals surface area contributed by atoms with E-state index in [0.717, 1.165) is 10.9 Å². The minimum Gasteiger partial charge on any atom is -0.361 e. The highest BCUT2D eigenvalue weighted by Gasteiger charge is 2.15. The van der Waals surface area contributed by atoms with E-state index in [9.17, 15) is 9.59 Å². The number of rotatable bonds is 3. The molecular weight excluding hydrogens is 230 g/mol. The summed E-state index contributed by atoms with van der Waals surface area (Å²) in [5.74, 6) is -0.480. The average molecular weight is 245 g/mol. The van der Waals surface area contributed by atoms with Crippen LogP contribution in [-0.4, -0.2) is 29.9 Å². The maximum absolute atomic E-state index is 11.9. The topological polar surface area (TPSA) is 74.0 Å². The SMILES string of the molecule is CNC(=O)C(C)NC(=O)c1ccc2cc[nH]c2c1. The zero-order valence-corrected chi connectivity index (χ0v) is 10.3. The Labute approximate surface area is 105 Å². The van der Waals surface area contributed by atoms with Gasteiger partial charge in [0, 0.05) is 24.3 Å². The van der Waals surface area contributed by atoms with Crippen molar-refractivity contribution in [2.24, 2.45) is 0 Å². The van der Waals surface area contributed by atoms with Gasteiger partial charge in [-0.25, -0.2) is 0 Å². The smallest absolute Gasteiger partial charge is 0.251 e. The molecule has 0 aliphatic carbocycles. The van der Waals surface area contributed by atoms with Gasteiger partial charge in [-0.2, -0.15) is 0 Å². The number of nitrogens with one attached hydrogen (secondary N) is 3. The summed E-state index contributed by atoms with van der Waals surface area (Å²) in [6.45, 7) is 1.64. The van der Waals surface area contributed by atoms with E-state index in [0.29, 0.717) is 5.56 Å². The van der Waals surface area contributed by atoms with Crippen LogP contribution in [0.3, 0.4) is 0 Å². The molecule has 0 saturated carbocycles. The minimum absolute atomic E-state index is 0.218. The van der Waals surface area contributed by atoms with Crippen LogP contribution in [-0.2, 0) is 4.79 Å². The number of H-pyrrole nitrogens is 1. The van der Waals surface area contributed by atoms with Gasteiger partial charge in [0.1, 0.15) is 6.04 Å². The molecule has 0 aliphatic rings. The Morgan fingerprint density at radius 3 is 2.78 bits per heavy atom. The van der Waals surface area contributed by atoms with E-state index >= 15 is 0 Å². The summed E-state index contributed by atoms with van der Waals surface area (Å²) in [6, 6.07) is 6.75. The van der Waals surface area contributed by atoms with E-state index < -0.39 is 6.04 Å². The van der Waals surface area contributed by atoms with Crippen molar-refractivity contribution in [3.8, 4) is 0 Å². The van der Waals surface area contributed by atoms with Crippen molar-refractivity contribution in [1.82, 2.24) is 15.6 Å². The normalized spacial score (nSPS) is 12.1. The number of carbonyl (C=O) groups excluding carboxylic acids is 2. The summed E-state index contributed by atoms with van der Waals surface area (Å²) in [7, 11) is 1.54. The molecule has 1 unspecified atom stereocenters. The molecule has 1 aromatic carbocycles. The average Bonchev–Trinajstić information content (AvgIpc) is 2.84. The Balaban J connectivity index is 2.15. The molecule has 5 heteroatoms. The second-order valence-corrected chi connectivity index (χ2v) is 4.09. The van der Waals surface area contributed by atoms with Gasteiger partial charge in [-0.05, 0) is 30.5 Å². The third-order valence-electron chi connectivity index (χ3n) is 2.80. The molecule has 1 heterocycles. The van der Waals surface area contributed by atoms with Crippen molar-refractivity contribution >= 4 is 22.7 Å². The summed E-state index contributed by atoms with van der Waals surface area (Å²) in [5.41, 5.74) is 1.43. The third kappa shape index (κ3) is 2.34. The summed E-state index contributed by atoms with van der Waals surface area (Å²) in [5, 5.41) is 6.17. The number of benzene rings is 1. The summed E-state index contributed by atoms with van der Waals surface area (Å²) in [4.78, 5) is 26.3. The molecule has 0 aliphatic heterocycles. The van der Waals surface area contributed by atoms with Crippen LogP contribution in [0.15, 0.2) is 30.5 Å². The fourth-order valence-electron chi connectivity index (χ4n) is 1.75. The van der Waals surface area contributed by atoms with Crippen LogP contribution in [0, 0.1) is 0 Å². The maximum atomic E-state index is 11.9. The largest absolute Gasteiger partial charge is 0.361 e. The molecule has 1 aromatic heterocycles. The molecule has 0 bridgehead atoms. The van der Waals surface area contributed by atoms with Gasteiger partial charge in [0.25, 0.3) is 5.91 Å². The van der Waals surface area contributed by atoms with Crippen molar-refractivity contribution in [3.05, 3.63) is 36.0 Å². The van der Waals surface area contributed by atoms with Gasteiger partial charge in [0.15, 0.2) is 0 Å². The third-order valence-corrected chi connectivity index (χ3v) is 2.80. The van der Waals surface area contributed by atoms with Crippen LogP contribution in [0.4, 0.5) is 0 Å². The van der Waals surface area contributed by atoms with Gasteiger partial charge >= 0.3 is 0 Å². The number of likely N-dealkylation sites (N-methyl/N-ethyl adjacent to an activating group) is 1. The lowest BCUT2D eigenvalue weighted by atomic mass is 10.1. The molecule has 94 valence electrons. The number of hydrogen-bond acceptors (Lipinski definition) is 2. The van der Waals surface area contributed by atoms with Gasteiger partial charge in [0.2, 0.25) is 5.91 Å². The fourth-order valence-corrected chi connectivity index (χ4v) is 1.75. The monoisotopic (exact) mass is 245 g/mol. The molecule has 2 aromatic rings. The number of amides is 2. The maximum Gasteiger partial charge on any atom is 0.251 e. The lowest BCUT2D eigenvalue weighted by Gasteiger charge is -2.12. The van der Waals surface area contributed by atoms with Crippen LogP contribution >= 0.6 is 0 Å². The van der Waals surface area contributed by atoms with E-state index in [1.165, 1.54) is 7.05 Å². The highest BCUT2D eigenvalue weighted by atomic mass is 16.2. The first-order chi connectivity index (χ1) is 8.61. The quantitative estimate of drug-likeness (QED) is 0.755. The van der Waals surface area contributed by atoms with E-state index in [1.54, 1.807) is 19.1 Å². The summed E-state index contributed by atoms with van der Waals surface area (Å²) in [6.07, 6.45) is 1.82. The van der Waals surface area contributed by atoms with Crippen LogP contribution in [0.5, 0.6) is 0 Å². The molecule has 0 radical (unpaired) electrons. The van der Waals surface area contributed by atoms with Gasteiger partial charge in [-0.1, -0.05) is 6.07 Å². The van der Waals surface area contributed by atoms with Crippen LogP contribution in [0.2, 0.25) is 0 Å². The second kappa shape index (κ2) is 4.91. The van der Waals surface area contributed by atoms with Crippen molar-refractivity contribution in [1.29, 1.82) is 0 Å². The predicted octanol–water partition coefficient (Wildman–Crippen LogP) is 1.03. The van der Waals surface area contributed by atoms with Crippen LogP contribution < -0.4 is 10.6 Å². The van der Waals surface area contributed by atoms with E-state index in [1.807, 2.05) is 18.3 Å². The number of aromatic nitrogens is 1. The highest BCUT2D eigenvalue weighted by Crippen LogP contribution is 2.14. The summed E-state index contributed by atoms with van der Waals surface area (Å²) >= 11 is 0. The number of carbonyl (C=O) groups is 2. The lowest BCUT2D eigenvalue weighted by molar-refractivity contribution is -0.122. The molecular formula is C13H15N3O2. The van der Waals surface area contributed by atoms with Crippen molar-refractivity contribution < 1.29 is 9.59 Å². The van der Waals surface area contributed by atoms with E-state index in [-0.39, 0.29) is 11.8 Å². The highest BCUT2D eigenvalue weighted by molar-refractivity contribution is 6.00. The van der Waals surface area contributed by atoms with Crippen molar-refractivity contribution in [2.75, 3.05) is 7.05 Å². The molecule has 5 nitrogen and oxygen atoms in total. The van der Waals surface area contributed by atoms with Crippen molar-refractivity contribution in [3.63, 3.8) is 0 Å². The summed E-state index contributed by atoms with van der Waals surface area (Å²) < 4.78 is 0. The Morgan fingerprint density at radius 2 is 2.06 bits per heavy atom. The Hall–Kier alpha value is -2.30. The first kappa shape index (κ1) is 12.2. The minimum atomic E-state index is -0.554. The Morgan fingerprint density at radius 1 is 1.28 bits per heavy atom. The van der Waals surface area contributed by atoms with Crippen LogP contribution in [0.1, 0.15) is 17.3 Å². The zero-order valence-electron chi connectivity index (χ0n) is 10.3. The molecule has 1 atom stereocenters. The first-order valence-electron chi connectivity index (χ1n) is 5.71. The predicted molar refractivity (Wildman–Crippen MR) is 69.3 cm³/mol. The number of fused-ring (bicyclic) bond motifs is 1. The molecule has 3 N–H and O–H groups in total. The molecule has 0 fully saturated rings. The fraction of sp³-hybridized carbons (Fsp3) is 0.231. The molecule has 18 heavy (non-hydrogen) atoms. The standard InChI is InChI=1S/C13H15N3O2/c1-8(12(17)14-2)16-13(18)10-4-3-9-5-6-15-11(9)7-10/h3-8,15H,1-2H3,(H,14,17)(H,16,18). The van der Waals surface area contributed by atoms with Gasteiger partial charge in [0.05, 0.1) is 0 Å². The van der Waals surface area contributed by atoms with Gasteiger partial charge in [-0.15, -0.1) is 0 Å². The second-order valence-electron chi connectivity index (χ2n) is 4.09. The van der Waals surface area contributed by atoms with Crippen molar-refractivity contribution in [2.45, 2.75) is 13.0 Å². The molecule has 0 saturated heterocycles. The number of hydrogen-bond donors (Lipinski definition) is 3.